The molecular formula is C26H31N9O4. The molecule has 39 heavy (non-hydrogen) atoms. The first-order valence-electron chi connectivity index (χ1n) is 12.6. The van der Waals surface area contributed by atoms with Crippen molar-refractivity contribution in [2.45, 2.75) is 33.9 Å². The maximum absolute atomic E-state index is 13.2. The topological polar surface area (TPSA) is 159 Å². The third-order valence-electron chi connectivity index (χ3n) is 5.80. The SMILES string of the molecule is CCOc1cc(/C=N/NC(=O)c2c(CN(CC)CC)nnn2-c2nonc2N)ccc1OCc1ccccc1. The molecule has 3 N–H and O–H groups in total. The molecule has 0 aliphatic heterocycles. The van der Waals surface area contributed by atoms with Crippen LogP contribution in [-0.4, -0.2) is 62.0 Å². The van der Waals surface area contributed by atoms with E-state index >= 15 is 0 Å². The molecule has 2 aromatic heterocycles. The zero-order chi connectivity index (χ0) is 27.6. The Bertz CT molecular complexity index is 1400. The number of aromatic nitrogens is 5. The van der Waals surface area contributed by atoms with E-state index in [9.17, 15) is 4.79 Å². The van der Waals surface area contributed by atoms with E-state index in [1.165, 1.54) is 10.9 Å². The Morgan fingerprint density at radius 2 is 1.90 bits per heavy atom. The van der Waals surface area contributed by atoms with E-state index in [0.29, 0.717) is 42.5 Å². The van der Waals surface area contributed by atoms with Crippen LogP contribution < -0.4 is 20.6 Å². The number of hydrogen-bond donors (Lipinski definition) is 2. The van der Waals surface area contributed by atoms with E-state index in [0.717, 1.165) is 18.7 Å². The largest absolute Gasteiger partial charge is 0.490 e. The number of hydrazone groups is 1. The lowest BCUT2D eigenvalue weighted by atomic mass is 10.2. The zero-order valence-corrected chi connectivity index (χ0v) is 22.1. The van der Waals surface area contributed by atoms with Crippen molar-refractivity contribution in [2.24, 2.45) is 5.10 Å². The molecule has 4 aromatic rings. The standard InChI is InChI=1S/C26H31N9O4/c1-4-34(5-2)16-20-23(35(33-29-20)25-24(27)31-39-32-25)26(36)30-28-15-19-12-13-21(22(14-19)37-6-3)38-17-18-10-8-7-9-11-18/h7-15H,4-6,16-17H2,1-3H3,(H2,27,31)(H,30,36)/b28-15+. The van der Waals surface area contributed by atoms with Crippen molar-refractivity contribution < 1.29 is 18.9 Å². The van der Waals surface area contributed by atoms with Gasteiger partial charge in [0.1, 0.15) is 12.3 Å². The first-order chi connectivity index (χ1) is 19.0. The summed E-state index contributed by atoms with van der Waals surface area (Å²) in [4.78, 5) is 15.3. The smallest absolute Gasteiger partial charge is 0.292 e. The second-order valence-electron chi connectivity index (χ2n) is 8.34. The van der Waals surface area contributed by atoms with Gasteiger partial charge in [-0.2, -0.15) is 9.78 Å². The van der Waals surface area contributed by atoms with Gasteiger partial charge >= 0.3 is 0 Å². The lowest BCUT2D eigenvalue weighted by molar-refractivity contribution is 0.0945. The van der Waals surface area contributed by atoms with Gasteiger partial charge in [0.2, 0.25) is 11.6 Å². The Morgan fingerprint density at radius 3 is 2.59 bits per heavy atom. The number of benzene rings is 2. The number of carbonyl (C=O) groups is 1. The molecule has 204 valence electrons. The fraction of sp³-hybridized carbons (Fsp3) is 0.308. The molecule has 13 nitrogen and oxygen atoms in total. The van der Waals surface area contributed by atoms with Gasteiger partial charge in [0.05, 0.1) is 12.8 Å². The number of nitrogen functional groups attached to an aromatic ring is 1. The number of nitrogens with zero attached hydrogens (tertiary/aromatic N) is 7. The molecule has 0 aliphatic rings. The van der Waals surface area contributed by atoms with Crippen LogP contribution in [-0.2, 0) is 13.2 Å². The maximum Gasteiger partial charge on any atom is 0.292 e. The summed E-state index contributed by atoms with van der Waals surface area (Å²) in [5.74, 6) is 0.673. The predicted molar refractivity (Wildman–Crippen MR) is 144 cm³/mol. The zero-order valence-electron chi connectivity index (χ0n) is 22.1. The average molecular weight is 534 g/mol. The van der Waals surface area contributed by atoms with Crippen LogP contribution in [0.4, 0.5) is 5.82 Å². The third-order valence-corrected chi connectivity index (χ3v) is 5.80. The summed E-state index contributed by atoms with van der Waals surface area (Å²) < 4.78 is 17.6. The van der Waals surface area contributed by atoms with E-state index < -0.39 is 5.91 Å². The minimum Gasteiger partial charge on any atom is -0.490 e. The quantitative estimate of drug-likeness (QED) is 0.193. The fourth-order valence-corrected chi connectivity index (χ4v) is 3.74. The minimum atomic E-state index is -0.548. The van der Waals surface area contributed by atoms with Crippen molar-refractivity contribution >= 4 is 17.9 Å². The summed E-state index contributed by atoms with van der Waals surface area (Å²) in [6.45, 7) is 8.74. The van der Waals surface area contributed by atoms with Gasteiger partial charge in [0, 0.05) is 6.54 Å². The molecule has 0 saturated heterocycles. The summed E-state index contributed by atoms with van der Waals surface area (Å²) in [6.07, 6.45) is 1.51. The van der Waals surface area contributed by atoms with Gasteiger partial charge in [-0.15, -0.1) is 5.10 Å². The number of amides is 1. The van der Waals surface area contributed by atoms with Crippen molar-refractivity contribution in [3.8, 4) is 17.3 Å². The number of carbonyl (C=O) groups excluding carboxylic acids is 1. The number of nitrogens with one attached hydrogen (secondary N) is 1. The van der Waals surface area contributed by atoms with Crippen LogP contribution in [0, 0.1) is 0 Å². The van der Waals surface area contributed by atoms with Gasteiger partial charge in [-0.05, 0) is 59.7 Å². The molecule has 0 atom stereocenters. The van der Waals surface area contributed by atoms with Crippen molar-refractivity contribution in [2.75, 3.05) is 25.4 Å². The first kappa shape index (κ1) is 27.3. The number of nitrogens with two attached hydrogens (primary N) is 1. The molecule has 13 heteroatoms. The Morgan fingerprint density at radius 1 is 1.10 bits per heavy atom. The highest BCUT2D eigenvalue weighted by Gasteiger charge is 2.25. The summed E-state index contributed by atoms with van der Waals surface area (Å²) in [5, 5.41) is 19.7. The monoisotopic (exact) mass is 533 g/mol. The van der Waals surface area contributed by atoms with Crippen molar-refractivity contribution in [3.05, 3.63) is 71.0 Å². The molecule has 0 saturated carbocycles. The highest BCUT2D eigenvalue weighted by atomic mass is 16.6. The fourth-order valence-electron chi connectivity index (χ4n) is 3.74. The second kappa shape index (κ2) is 13.1. The second-order valence-corrected chi connectivity index (χ2v) is 8.34. The molecule has 1 amide bonds. The summed E-state index contributed by atoms with van der Waals surface area (Å²) in [7, 11) is 0. The molecule has 4 rings (SSSR count). The third kappa shape index (κ3) is 6.76. The van der Waals surface area contributed by atoms with E-state index in [1.54, 1.807) is 12.1 Å². The van der Waals surface area contributed by atoms with Gasteiger partial charge in [-0.3, -0.25) is 9.69 Å². The van der Waals surface area contributed by atoms with Gasteiger partial charge in [-0.1, -0.05) is 49.4 Å². The van der Waals surface area contributed by atoms with E-state index in [-0.39, 0.29) is 17.3 Å². The van der Waals surface area contributed by atoms with Crippen LogP contribution in [0.25, 0.3) is 5.82 Å². The Balaban J connectivity index is 1.51. The van der Waals surface area contributed by atoms with Crippen LogP contribution in [0.1, 0.15) is 48.1 Å². The summed E-state index contributed by atoms with van der Waals surface area (Å²) in [5.41, 5.74) is 10.7. The van der Waals surface area contributed by atoms with Crippen LogP contribution in [0.5, 0.6) is 11.5 Å². The van der Waals surface area contributed by atoms with Crippen molar-refractivity contribution in [1.29, 1.82) is 0 Å². The molecule has 0 aliphatic carbocycles. The van der Waals surface area contributed by atoms with Gasteiger partial charge in [0.25, 0.3) is 5.91 Å². The molecule has 2 heterocycles. The summed E-state index contributed by atoms with van der Waals surface area (Å²) >= 11 is 0. The minimum absolute atomic E-state index is 0.0233. The maximum atomic E-state index is 13.2. The van der Waals surface area contributed by atoms with E-state index in [1.807, 2.05) is 57.2 Å². The average Bonchev–Trinajstić information content (AvgIpc) is 3.57. The summed E-state index contributed by atoms with van der Waals surface area (Å²) in [6, 6.07) is 15.3. The first-order valence-corrected chi connectivity index (χ1v) is 12.6. The van der Waals surface area contributed by atoms with Gasteiger partial charge in [0.15, 0.2) is 17.2 Å². The lowest BCUT2D eigenvalue weighted by Gasteiger charge is -2.16. The van der Waals surface area contributed by atoms with Crippen molar-refractivity contribution in [3.63, 3.8) is 0 Å². The molecule has 0 radical (unpaired) electrons. The van der Waals surface area contributed by atoms with Gasteiger partial charge in [-0.25, -0.2) is 10.1 Å². The highest BCUT2D eigenvalue weighted by Crippen LogP contribution is 2.29. The van der Waals surface area contributed by atoms with Crippen molar-refractivity contribution in [1.82, 2.24) is 35.6 Å². The Kier molecular flexibility index (Phi) is 9.19. The normalized spacial score (nSPS) is 11.3. The highest BCUT2D eigenvalue weighted by molar-refractivity contribution is 5.95. The molecular weight excluding hydrogens is 502 g/mol. The Hall–Kier alpha value is -4.78. The van der Waals surface area contributed by atoms with E-state index in [4.69, 9.17) is 15.2 Å². The van der Waals surface area contributed by atoms with Crippen LogP contribution in [0.2, 0.25) is 0 Å². The van der Waals surface area contributed by atoms with Crippen LogP contribution in [0.15, 0.2) is 58.3 Å². The molecule has 0 spiro atoms. The Labute approximate surface area is 225 Å². The van der Waals surface area contributed by atoms with E-state index in [2.05, 4.69) is 40.7 Å². The molecule has 2 aromatic carbocycles. The number of anilines is 1. The number of hydrogen-bond acceptors (Lipinski definition) is 11. The van der Waals surface area contributed by atoms with Gasteiger partial charge < -0.3 is 15.2 Å². The van der Waals surface area contributed by atoms with Crippen LogP contribution >= 0.6 is 0 Å². The molecule has 0 bridgehead atoms. The number of rotatable bonds is 13. The van der Waals surface area contributed by atoms with Crippen LogP contribution in [0.3, 0.4) is 0 Å². The predicted octanol–water partition coefficient (Wildman–Crippen LogP) is 2.82. The molecule has 0 unspecified atom stereocenters. The lowest BCUT2D eigenvalue weighted by Crippen LogP contribution is -2.27. The number of ether oxygens (including phenoxy) is 2. The molecule has 0 fully saturated rings.